The van der Waals surface area contributed by atoms with Crippen LogP contribution >= 0.6 is 0 Å². The van der Waals surface area contributed by atoms with Gasteiger partial charge in [0.2, 0.25) is 5.89 Å². The third kappa shape index (κ3) is 4.86. The van der Waals surface area contributed by atoms with Crippen LogP contribution in [0, 0.1) is 11.7 Å². The minimum atomic E-state index is -0.535. The van der Waals surface area contributed by atoms with Gasteiger partial charge < -0.3 is 9.63 Å². The highest BCUT2D eigenvalue weighted by atomic mass is 19.1. The predicted molar refractivity (Wildman–Crippen MR) is 92.3 cm³/mol. The van der Waals surface area contributed by atoms with Crippen molar-refractivity contribution < 1.29 is 14.0 Å². The maximum atomic E-state index is 13.0. The molecule has 1 aromatic carbocycles. The minimum absolute atomic E-state index is 0.199. The van der Waals surface area contributed by atoms with Crippen LogP contribution < -0.4 is 0 Å². The molecule has 0 bridgehead atoms. The van der Waals surface area contributed by atoms with E-state index < -0.39 is 6.10 Å². The number of aliphatic hydroxyl groups excluding tert-OH is 1. The lowest BCUT2D eigenvalue weighted by atomic mass is 9.87. The van der Waals surface area contributed by atoms with Crippen LogP contribution in [0.5, 0.6) is 0 Å². The molecule has 1 aromatic heterocycles. The summed E-state index contributed by atoms with van der Waals surface area (Å²) in [5.74, 6) is 1.38. The van der Waals surface area contributed by atoms with Gasteiger partial charge in [-0.2, -0.15) is 4.98 Å². The van der Waals surface area contributed by atoms with Crippen LogP contribution in [0.2, 0.25) is 0 Å². The van der Waals surface area contributed by atoms with E-state index in [1.54, 1.807) is 12.1 Å². The quantitative estimate of drug-likeness (QED) is 0.830. The number of nitrogens with zero attached hydrogens (tertiary/aromatic N) is 3. The van der Waals surface area contributed by atoms with Gasteiger partial charge in [0.25, 0.3) is 0 Å². The van der Waals surface area contributed by atoms with Crippen molar-refractivity contribution in [2.45, 2.75) is 51.7 Å². The average Bonchev–Trinajstić information content (AvgIpc) is 3.08. The Morgan fingerprint density at radius 2 is 2.00 bits per heavy atom. The molecular formula is C19H26FN3O2. The molecule has 0 spiro atoms. The molecule has 2 heterocycles. The Bertz CT molecular complexity index is 651. The summed E-state index contributed by atoms with van der Waals surface area (Å²) in [4.78, 5) is 6.73. The van der Waals surface area contributed by atoms with Gasteiger partial charge in [-0.1, -0.05) is 30.6 Å². The van der Waals surface area contributed by atoms with Crippen molar-refractivity contribution in [1.29, 1.82) is 0 Å². The number of piperidine rings is 1. The Morgan fingerprint density at radius 1 is 1.28 bits per heavy atom. The van der Waals surface area contributed by atoms with Gasteiger partial charge in [-0.15, -0.1) is 0 Å². The zero-order chi connectivity index (χ0) is 17.6. The van der Waals surface area contributed by atoms with Crippen LogP contribution in [0.15, 0.2) is 28.8 Å². The van der Waals surface area contributed by atoms with Crippen molar-refractivity contribution in [3.63, 3.8) is 0 Å². The molecule has 1 aliphatic rings. The van der Waals surface area contributed by atoms with E-state index in [2.05, 4.69) is 22.0 Å². The first kappa shape index (κ1) is 18.0. The van der Waals surface area contributed by atoms with Gasteiger partial charge in [-0.25, -0.2) is 4.39 Å². The molecule has 1 fully saturated rings. The lowest BCUT2D eigenvalue weighted by Gasteiger charge is -2.33. The molecule has 1 saturated heterocycles. The van der Waals surface area contributed by atoms with E-state index in [1.165, 1.54) is 12.1 Å². The molecule has 2 aromatic rings. The number of rotatable bonds is 7. The van der Waals surface area contributed by atoms with Crippen LogP contribution in [0.4, 0.5) is 4.39 Å². The lowest BCUT2D eigenvalue weighted by Crippen LogP contribution is -2.35. The first-order chi connectivity index (χ1) is 12.2. The first-order valence-corrected chi connectivity index (χ1v) is 9.13. The Balaban J connectivity index is 1.48. The second kappa shape index (κ2) is 8.54. The van der Waals surface area contributed by atoms with Gasteiger partial charge in [-0.3, -0.25) is 4.90 Å². The molecule has 0 saturated carbocycles. The Labute approximate surface area is 147 Å². The van der Waals surface area contributed by atoms with Gasteiger partial charge in [-0.05, 0) is 56.0 Å². The number of aliphatic hydroxyl groups is 1. The molecule has 0 amide bonds. The fourth-order valence-corrected chi connectivity index (χ4v) is 3.34. The summed E-state index contributed by atoms with van der Waals surface area (Å²) in [5, 5.41) is 14.5. The molecule has 3 rings (SSSR count). The molecule has 25 heavy (non-hydrogen) atoms. The number of halogens is 1. The zero-order valence-corrected chi connectivity index (χ0v) is 14.7. The highest BCUT2D eigenvalue weighted by Crippen LogP contribution is 2.31. The van der Waals surface area contributed by atoms with Crippen molar-refractivity contribution >= 4 is 0 Å². The van der Waals surface area contributed by atoms with Crippen molar-refractivity contribution in [1.82, 2.24) is 15.0 Å². The molecule has 5 nitrogen and oxygen atoms in total. The number of unbranched alkanes of at least 4 members (excludes halogenated alkanes) is 1. The van der Waals surface area contributed by atoms with E-state index in [4.69, 9.17) is 4.52 Å². The van der Waals surface area contributed by atoms with Crippen molar-refractivity contribution in [3.05, 3.63) is 47.4 Å². The monoisotopic (exact) mass is 347 g/mol. The summed E-state index contributed by atoms with van der Waals surface area (Å²) in [7, 11) is 0. The van der Waals surface area contributed by atoms with Crippen LogP contribution in [-0.4, -0.2) is 33.2 Å². The smallest absolute Gasteiger partial charge is 0.240 e. The maximum absolute atomic E-state index is 13.0. The molecule has 136 valence electrons. The summed E-state index contributed by atoms with van der Waals surface area (Å²) < 4.78 is 18.3. The average molecular weight is 347 g/mol. The second-order valence-corrected chi connectivity index (χ2v) is 6.82. The van der Waals surface area contributed by atoms with E-state index in [-0.39, 0.29) is 11.7 Å². The number of aryl methyl sites for hydroxylation is 1. The van der Waals surface area contributed by atoms with E-state index in [0.29, 0.717) is 12.4 Å². The van der Waals surface area contributed by atoms with Gasteiger partial charge in [0, 0.05) is 6.42 Å². The molecule has 0 aliphatic carbocycles. The third-order valence-electron chi connectivity index (χ3n) is 4.91. The molecule has 1 N–H and O–H groups in total. The number of hydrogen-bond donors (Lipinski definition) is 1. The summed E-state index contributed by atoms with van der Waals surface area (Å²) in [6, 6.07) is 6.14. The highest BCUT2D eigenvalue weighted by Gasteiger charge is 2.27. The molecular weight excluding hydrogens is 321 g/mol. The van der Waals surface area contributed by atoms with Crippen LogP contribution in [0.25, 0.3) is 0 Å². The Hall–Kier alpha value is -1.79. The topological polar surface area (TPSA) is 62.4 Å². The molecule has 0 radical (unpaired) electrons. The number of hydrogen-bond acceptors (Lipinski definition) is 5. The summed E-state index contributed by atoms with van der Waals surface area (Å²) in [5.41, 5.74) is 0.789. The predicted octanol–water partition coefficient (Wildman–Crippen LogP) is 3.50. The second-order valence-electron chi connectivity index (χ2n) is 6.82. The van der Waals surface area contributed by atoms with Gasteiger partial charge >= 0.3 is 0 Å². The van der Waals surface area contributed by atoms with Crippen molar-refractivity contribution in [2.75, 3.05) is 13.1 Å². The van der Waals surface area contributed by atoms with Crippen LogP contribution in [-0.2, 0) is 13.0 Å². The molecule has 1 aliphatic heterocycles. The summed E-state index contributed by atoms with van der Waals surface area (Å²) in [6.07, 6.45) is 4.32. The molecule has 6 heteroatoms. The fourth-order valence-electron chi connectivity index (χ4n) is 3.34. The van der Waals surface area contributed by atoms with E-state index >= 15 is 0 Å². The third-order valence-corrected chi connectivity index (χ3v) is 4.91. The van der Waals surface area contributed by atoms with Crippen LogP contribution in [0.3, 0.4) is 0 Å². The number of likely N-dealkylation sites (tertiary alicyclic amines) is 1. The fraction of sp³-hybridized carbons (Fsp3) is 0.579. The van der Waals surface area contributed by atoms with Crippen molar-refractivity contribution in [3.8, 4) is 0 Å². The normalized spacial score (nSPS) is 17.7. The zero-order valence-electron chi connectivity index (χ0n) is 14.7. The van der Waals surface area contributed by atoms with E-state index in [9.17, 15) is 9.50 Å². The largest absolute Gasteiger partial charge is 0.388 e. The van der Waals surface area contributed by atoms with Gasteiger partial charge in [0.05, 0.1) is 12.6 Å². The molecule has 1 atom stereocenters. The summed E-state index contributed by atoms with van der Waals surface area (Å²) in [6.45, 7) is 4.58. The number of benzene rings is 1. The SMILES string of the molecule is CCCCc1noc(CN2CCC(C(O)c3ccc(F)cc3)CC2)n1. The van der Waals surface area contributed by atoms with Crippen LogP contribution in [0.1, 0.15) is 56.0 Å². The highest BCUT2D eigenvalue weighted by molar-refractivity contribution is 5.19. The lowest BCUT2D eigenvalue weighted by molar-refractivity contribution is 0.0537. The number of aromatic nitrogens is 2. The Kier molecular flexibility index (Phi) is 6.15. The molecule has 1 unspecified atom stereocenters. The summed E-state index contributed by atoms with van der Waals surface area (Å²) >= 11 is 0. The van der Waals surface area contributed by atoms with Gasteiger partial charge in [0.15, 0.2) is 5.82 Å². The van der Waals surface area contributed by atoms with E-state index in [1.807, 2.05) is 0 Å². The van der Waals surface area contributed by atoms with Crippen molar-refractivity contribution in [2.24, 2.45) is 5.92 Å². The van der Waals surface area contributed by atoms with Gasteiger partial charge in [0.1, 0.15) is 5.82 Å². The maximum Gasteiger partial charge on any atom is 0.240 e. The standard InChI is InChI=1S/C19H26FN3O2/c1-2-3-4-17-21-18(25-22-17)13-23-11-9-15(10-12-23)19(24)14-5-7-16(20)8-6-14/h5-8,15,19,24H,2-4,9-13H2,1H3. The first-order valence-electron chi connectivity index (χ1n) is 9.13. The minimum Gasteiger partial charge on any atom is -0.388 e. The van der Waals surface area contributed by atoms with E-state index in [0.717, 1.165) is 56.6 Å². The Morgan fingerprint density at radius 3 is 2.68 bits per heavy atom.